The van der Waals surface area contributed by atoms with Gasteiger partial charge in [-0.15, -0.1) is 0 Å². The third-order valence-electron chi connectivity index (χ3n) is 1.02. The minimum atomic E-state index is -1.86. The van der Waals surface area contributed by atoms with Crippen LogP contribution in [0.1, 0.15) is 1.43 Å². The molecule has 0 saturated carbocycles. The summed E-state index contributed by atoms with van der Waals surface area (Å²) in [6.45, 7) is 0. The third-order valence-corrected chi connectivity index (χ3v) is 2.22. The molecule has 0 spiro atoms. The first-order valence-corrected chi connectivity index (χ1v) is 4.46. The van der Waals surface area contributed by atoms with E-state index in [1.54, 1.807) is 24.3 Å². The van der Waals surface area contributed by atoms with E-state index < -0.39 is 11.1 Å². The Balaban J connectivity index is -0.000000125. The van der Waals surface area contributed by atoms with Crippen LogP contribution < -0.4 is 29.6 Å². The van der Waals surface area contributed by atoms with Gasteiger partial charge in [0, 0.05) is 4.47 Å². The average molecular weight is 281 g/mol. The molecule has 1 atom stereocenters. The van der Waals surface area contributed by atoms with Crippen LogP contribution in [0, 0.1) is 0 Å². The maximum Gasteiger partial charge on any atom is 1.00 e. The molecule has 1 rings (SSSR count). The van der Waals surface area contributed by atoms with E-state index in [4.69, 9.17) is 4.55 Å². The minimum Gasteiger partial charge on any atom is -1.00 e. The number of rotatable bonds is 1. The summed E-state index contributed by atoms with van der Waals surface area (Å²) in [4.78, 5) is 0.420. The Morgan fingerprint density at radius 3 is 1.92 bits per heavy atom. The molecule has 0 bridgehead atoms. The molecule has 72 valence electrons. The Morgan fingerprint density at radius 1 is 1.23 bits per heavy atom. The molecule has 0 fully saturated rings. The molecule has 13 heavy (non-hydrogen) atoms. The van der Waals surface area contributed by atoms with E-state index in [1.807, 2.05) is 0 Å². The molecule has 1 aromatic carbocycles. The van der Waals surface area contributed by atoms with Gasteiger partial charge < -0.3 is 16.9 Å². The third kappa shape index (κ3) is 6.75. The molecule has 0 aliphatic carbocycles. The first-order chi connectivity index (χ1) is 4.70. The van der Waals surface area contributed by atoms with Gasteiger partial charge in [-0.2, -0.15) is 0 Å². The molecule has 0 amide bonds. The van der Waals surface area contributed by atoms with Crippen LogP contribution >= 0.6 is 15.9 Å². The molecule has 0 radical (unpaired) electrons. The standard InChI is InChI=1S/C6H5BrO2S.Na.2H2O.H/c7-5-1-3-6(4-2-5)10(8)9;;;;/h1-4H,(H,8,9);;2*1H2;/q;+1;;;-1. The van der Waals surface area contributed by atoms with Gasteiger partial charge in [0.15, 0.2) is 11.1 Å². The number of hydrogen-bond donors (Lipinski definition) is 1. The largest absolute Gasteiger partial charge is 1.00 e. The first kappa shape index (κ1) is 19.3. The van der Waals surface area contributed by atoms with Crippen molar-refractivity contribution in [2.24, 2.45) is 0 Å². The molecule has 0 aliphatic heterocycles. The number of benzene rings is 1. The van der Waals surface area contributed by atoms with Crippen LogP contribution in [0.25, 0.3) is 0 Å². The van der Waals surface area contributed by atoms with Gasteiger partial charge >= 0.3 is 29.6 Å². The number of hydrogen-bond acceptors (Lipinski definition) is 1. The summed E-state index contributed by atoms with van der Waals surface area (Å²) in [7, 11) is 0. The average Bonchev–Trinajstić information content (AvgIpc) is 1.88. The summed E-state index contributed by atoms with van der Waals surface area (Å²) in [5, 5.41) is 0. The SMILES string of the molecule is O.O.O=S(O)c1ccc(Br)cc1.[H-].[Na+]. The van der Waals surface area contributed by atoms with Crippen molar-refractivity contribution >= 4 is 27.0 Å². The van der Waals surface area contributed by atoms with Crippen molar-refractivity contribution in [3.8, 4) is 0 Å². The molecule has 0 heterocycles. The summed E-state index contributed by atoms with van der Waals surface area (Å²) in [6, 6.07) is 6.65. The molecule has 0 aliphatic rings. The van der Waals surface area contributed by atoms with Crippen LogP contribution in [0.5, 0.6) is 0 Å². The van der Waals surface area contributed by atoms with Crippen LogP contribution in [0.2, 0.25) is 0 Å². The topological polar surface area (TPSA) is 100 Å². The van der Waals surface area contributed by atoms with Gasteiger partial charge in [0.05, 0.1) is 4.90 Å². The van der Waals surface area contributed by atoms with E-state index in [2.05, 4.69) is 15.9 Å². The second-order valence-corrected chi connectivity index (χ2v) is 3.59. The second kappa shape index (κ2) is 9.29. The monoisotopic (exact) mass is 280 g/mol. The second-order valence-electron chi connectivity index (χ2n) is 1.70. The molecule has 4 nitrogen and oxygen atoms in total. The van der Waals surface area contributed by atoms with Crippen LogP contribution in [0.3, 0.4) is 0 Å². The van der Waals surface area contributed by atoms with Gasteiger partial charge in [0.25, 0.3) is 0 Å². The van der Waals surface area contributed by atoms with Gasteiger partial charge in [0.1, 0.15) is 0 Å². The smallest absolute Gasteiger partial charge is 1.00 e. The number of halogens is 1. The summed E-state index contributed by atoms with van der Waals surface area (Å²) in [6.07, 6.45) is 0. The zero-order valence-electron chi connectivity index (χ0n) is 7.95. The zero-order valence-corrected chi connectivity index (χ0v) is 11.4. The van der Waals surface area contributed by atoms with Gasteiger partial charge in [-0.05, 0) is 24.3 Å². The van der Waals surface area contributed by atoms with Crippen LogP contribution in [-0.2, 0) is 11.1 Å². The minimum absolute atomic E-state index is 0. The molecule has 0 aromatic heterocycles. The zero-order chi connectivity index (χ0) is 7.56. The Morgan fingerprint density at radius 2 is 1.62 bits per heavy atom. The summed E-state index contributed by atoms with van der Waals surface area (Å²) < 4.78 is 19.9. The fourth-order valence-electron chi connectivity index (χ4n) is 0.551. The molecule has 1 unspecified atom stereocenters. The maximum absolute atomic E-state index is 10.4. The van der Waals surface area contributed by atoms with E-state index in [0.717, 1.165) is 4.47 Å². The van der Waals surface area contributed by atoms with Crippen molar-refractivity contribution in [2.45, 2.75) is 4.90 Å². The van der Waals surface area contributed by atoms with E-state index in [-0.39, 0.29) is 41.9 Å². The predicted molar refractivity (Wildman–Crippen MR) is 51.5 cm³/mol. The molecular weight excluding hydrogens is 271 g/mol. The molecule has 1 aromatic rings. The van der Waals surface area contributed by atoms with Gasteiger partial charge in [-0.3, -0.25) is 0 Å². The van der Waals surface area contributed by atoms with E-state index in [9.17, 15) is 4.21 Å². The molecule has 7 heteroatoms. The Kier molecular flexibility index (Phi) is 13.8. The van der Waals surface area contributed by atoms with E-state index in [0.29, 0.717) is 4.90 Å². The van der Waals surface area contributed by atoms with Gasteiger partial charge in [-0.1, -0.05) is 15.9 Å². The van der Waals surface area contributed by atoms with Crippen molar-refractivity contribution < 1.29 is 50.7 Å². The van der Waals surface area contributed by atoms with Gasteiger partial charge in [-0.25, -0.2) is 4.21 Å². The van der Waals surface area contributed by atoms with Crippen LogP contribution in [-0.4, -0.2) is 19.7 Å². The fourth-order valence-corrected chi connectivity index (χ4v) is 1.18. The quantitative estimate of drug-likeness (QED) is 0.454. The van der Waals surface area contributed by atoms with E-state index >= 15 is 0 Å². The van der Waals surface area contributed by atoms with Crippen molar-refractivity contribution in [3.05, 3.63) is 28.7 Å². The summed E-state index contributed by atoms with van der Waals surface area (Å²) >= 11 is 1.36. The maximum atomic E-state index is 10.4. The van der Waals surface area contributed by atoms with Crippen molar-refractivity contribution in [1.29, 1.82) is 0 Å². The predicted octanol–water partition coefficient (Wildman–Crippen LogP) is -2.50. The fraction of sp³-hybridized carbons (Fsp3) is 0. The Bertz CT molecular complexity index is 259. The van der Waals surface area contributed by atoms with Crippen LogP contribution in [0.15, 0.2) is 33.6 Å². The van der Waals surface area contributed by atoms with Crippen LogP contribution in [0.4, 0.5) is 0 Å². The van der Waals surface area contributed by atoms with Crippen molar-refractivity contribution in [1.82, 2.24) is 0 Å². The van der Waals surface area contributed by atoms with E-state index in [1.165, 1.54) is 0 Å². The normalized spacial score (nSPS) is 10.0. The summed E-state index contributed by atoms with van der Waals surface area (Å²) in [5.74, 6) is 0. The summed E-state index contributed by atoms with van der Waals surface area (Å²) in [5.41, 5.74) is 0. The molecular formula is C6H10BrNaO4S. The van der Waals surface area contributed by atoms with Crippen molar-refractivity contribution in [3.63, 3.8) is 0 Å². The molecule has 0 saturated heterocycles. The Labute approximate surface area is 111 Å². The van der Waals surface area contributed by atoms with Gasteiger partial charge in [0.2, 0.25) is 0 Å². The Hall–Kier alpha value is 0.730. The first-order valence-electron chi connectivity index (χ1n) is 2.56. The molecule has 5 N–H and O–H groups in total. The van der Waals surface area contributed by atoms with Crippen molar-refractivity contribution in [2.75, 3.05) is 0 Å².